The molecule has 0 spiro atoms. The third-order valence-corrected chi connectivity index (χ3v) is 6.66. The number of piperidine rings is 1. The Bertz CT molecular complexity index is 1310. The van der Waals surface area contributed by atoms with Crippen molar-refractivity contribution in [3.63, 3.8) is 0 Å². The molecule has 3 heterocycles. The van der Waals surface area contributed by atoms with Crippen LogP contribution in [0.25, 0.3) is 11.0 Å². The highest BCUT2D eigenvalue weighted by Crippen LogP contribution is 2.33. The molecular weight excluding hydrogens is 421 g/mol. The maximum atomic E-state index is 13.3. The number of carbonyl (C=O) groups is 1. The van der Waals surface area contributed by atoms with Crippen LogP contribution in [0.2, 0.25) is 0 Å². The van der Waals surface area contributed by atoms with Gasteiger partial charge in [-0.05, 0) is 55.7 Å². The topological polar surface area (TPSA) is 82.2 Å². The summed E-state index contributed by atoms with van der Waals surface area (Å²) in [4.78, 5) is 34.0. The molecule has 1 saturated heterocycles. The van der Waals surface area contributed by atoms with Gasteiger partial charge in [-0.2, -0.15) is 5.26 Å². The van der Waals surface area contributed by atoms with E-state index in [1.165, 1.54) is 28.8 Å². The number of hydrogen-bond acceptors (Lipinski definition) is 5. The minimum Gasteiger partial charge on any atom is -0.366 e. The predicted molar refractivity (Wildman–Crippen MR) is 125 cm³/mol. The molecule has 1 unspecified atom stereocenters. The SMILES string of the molecule is CC1CN(c2cc(=O)n(C)c3ccc(C#N)nc23)[C@@H](C)C[C@@H]1N(C)C(=O)c1ccc(F)cc1. The number of anilines is 1. The number of pyridine rings is 2. The van der Waals surface area contributed by atoms with Crippen LogP contribution >= 0.6 is 0 Å². The number of aromatic nitrogens is 2. The lowest BCUT2D eigenvalue weighted by molar-refractivity contribution is 0.0637. The van der Waals surface area contributed by atoms with Crippen LogP contribution in [0.15, 0.2) is 47.3 Å². The summed E-state index contributed by atoms with van der Waals surface area (Å²) in [6.07, 6.45) is 0.694. The molecule has 3 aromatic rings. The molecule has 1 amide bonds. The Hall–Kier alpha value is -3.73. The first-order valence-electron chi connectivity index (χ1n) is 10.9. The highest BCUT2D eigenvalue weighted by Gasteiger charge is 2.36. The third-order valence-electron chi connectivity index (χ3n) is 6.66. The fourth-order valence-electron chi connectivity index (χ4n) is 4.74. The largest absolute Gasteiger partial charge is 0.366 e. The molecule has 1 aliphatic rings. The summed E-state index contributed by atoms with van der Waals surface area (Å²) in [7, 11) is 3.47. The maximum absolute atomic E-state index is 13.3. The molecular formula is C25H26FN5O2. The molecule has 0 radical (unpaired) electrons. The van der Waals surface area contributed by atoms with E-state index in [0.717, 1.165) is 0 Å². The van der Waals surface area contributed by atoms with Crippen molar-refractivity contribution in [1.82, 2.24) is 14.5 Å². The van der Waals surface area contributed by atoms with Gasteiger partial charge >= 0.3 is 0 Å². The van der Waals surface area contributed by atoms with E-state index in [2.05, 4.69) is 29.8 Å². The lowest BCUT2D eigenvalue weighted by Crippen LogP contribution is -2.54. The second-order valence-electron chi connectivity index (χ2n) is 8.81. The van der Waals surface area contributed by atoms with Crippen molar-refractivity contribution in [2.24, 2.45) is 13.0 Å². The average Bonchev–Trinajstić information content (AvgIpc) is 2.82. The fraction of sp³-hybridized carbons (Fsp3) is 0.360. The van der Waals surface area contributed by atoms with E-state index in [-0.39, 0.29) is 35.3 Å². The number of nitrogens with zero attached hydrogens (tertiary/aromatic N) is 5. The van der Waals surface area contributed by atoms with Gasteiger partial charge in [0.2, 0.25) is 0 Å². The van der Waals surface area contributed by atoms with Crippen molar-refractivity contribution in [2.75, 3.05) is 18.5 Å². The van der Waals surface area contributed by atoms with Crippen molar-refractivity contribution < 1.29 is 9.18 Å². The van der Waals surface area contributed by atoms with Gasteiger partial charge in [0.15, 0.2) is 0 Å². The van der Waals surface area contributed by atoms with E-state index in [9.17, 15) is 19.2 Å². The van der Waals surface area contributed by atoms with Crippen LogP contribution in [0.1, 0.15) is 36.3 Å². The van der Waals surface area contributed by atoms with Gasteiger partial charge in [-0.1, -0.05) is 6.92 Å². The van der Waals surface area contributed by atoms with Crippen molar-refractivity contribution >= 4 is 22.6 Å². The Kier molecular flexibility index (Phi) is 5.90. The first-order valence-corrected chi connectivity index (χ1v) is 10.9. The number of amides is 1. The first-order chi connectivity index (χ1) is 15.7. The number of benzene rings is 1. The molecule has 7 nitrogen and oxygen atoms in total. The van der Waals surface area contributed by atoms with E-state index in [1.54, 1.807) is 37.2 Å². The number of aryl methyl sites for hydroxylation is 1. The molecule has 1 aliphatic heterocycles. The molecule has 4 rings (SSSR count). The molecule has 0 aliphatic carbocycles. The zero-order valence-corrected chi connectivity index (χ0v) is 19.1. The number of halogens is 1. The quantitative estimate of drug-likeness (QED) is 0.615. The van der Waals surface area contributed by atoms with Crippen LogP contribution < -0.4 is 10.5 Å². The van der Waals surface area contributed by atoms with Crippen LogP contribution in [0.3, 0.4) is 0 Å². The van der Waals surface area contributed by atoms with Gasteiger partial charge in [-0.25, -0.2) is 9.37 Å². The van der Waals surface area contributed by atoms with Crippen molar-refractivity contribution in [3.8, 4) is 6.07 Å². The Balaban J connectivity index is 1.65. The number of fused-ring (bicyclic) bond motifs is 1. The number of rotatable bonds is 3. The molecule has 2 aromatic heterocycles. The zero-order valence-electron chi connectivity index (χ0n) is 19.1. The average molecular weight is 448 g/mol. The van der Waals surface area contributed by atoms with Gasteiger partial charge in [-0.3, -0.25) is 9.59 Å². The highest BCUT2D eigenvalue weighted by molar-refractivity contribution is 5.94. The maximum Gasteiger partial charge on any atom is 0.253 e. The van der Waals surface area contributed by atoms with E-state index in [4.69, 9.17) is 0 Å². The second kappa shape index (κ2) is 8.66. The van der Waals surface area contributed by atoms with Gasteiger partial charge in [0.1, 0.15) is 23.1 Å². The highest BCUT2D eigenvalue weighted by atomic mass is 19.1. The van der Waals surface area contributed by atoms with E-state index < -0.39 is 0 Å². The van der Waals surface area contributed by atoms with E-state index >= 15 is 0 Å². The molecule has 0 bridgehead atoms. The van der Waals surface area contributed by atoms with Crippen LogP contribution in [0.4, 0.5) is 10.1 Å². The summed E-state index contributed by atoms with van der Waals surface area (Å²) in [5.41, 5.74) is 2.59. The normalized spacial score (nSPS) is 20.5. The Morgan fingerprint density at radius 3 is 2.58 bits per heavy atom. The van der Waals surface area contributed by atoms with Crippen LogP contribution in [0, 0.1) is 23.1 Å². The van der Waals surface area contributed by atoms with Gasteiger partial charge in [0.05, 0.1) is 11.2 Å². The Labute approximate surface area is 191 Å². The fourth-order valence-corrected chi connectivity index (χ4v) is 4.74. The van der Waals surface area contributed by atoms with Gasteiger partial charge in [-0.15, -0.1) is 0 Å². The summed E-state index contributed by atoms with van der Waals surface area (Å²) in [5.74, 6) is -0.417. The lowest BCUT2D eigenvalue weighted by Gasteiger charge is -2.46. The van der Waals surface area contributed by atoms with Crippen molar-refractivity contribution in [1.29, 1.82) is 5.26 Å². The summed E-state index contributed by atoms with van der Waals surface area (Å²) < 4.78 is 14.8. The summed E-state index contributed by atoms with van der Waals surface area (Å²) in [6, 6.07) is 12.6. The summed E-state index contributed by atoms with van der Waals surface area (Å²) in [6.45, 7) is 4.76. The molecule has 3 atom stereocenters. The van der Waals surface area contributed by atoms with Crippen LogP contribution in [0.5, 0.6) is 0 Å². The number of carbonyl (C=O) groups excluding carboxylic acids is 1. The molecule has 0 N–H and O–H groups in total. The minimum absolute atomic E-state index is 0.0192. The number of hydrogen-bond donors (Lipinski definition) is 0. The van der Waals surface area contributed by atoms with Crippen LogP contribution in [-0.2, 0) is 7.05 Å². The van der Waals surface area contributed by atoms with Gasteiger partial charge in [0.25, 0.3) is 11.5 Å². The van der Waals surface area contributed by atoms with Gasteiger partial charge in [0, 0.05) is 44.4 Å². The Morgan fingerprint density at radius 1 is 1.21 bits per heavy atom. The minimum atomic E-state index is -0.376. The third kappa shape index (κ3) is 4.07. The predicted octanol–water partition coefficient (Wildman–Crippen LogP) is 3.32. The van der Waals surface area contributed by atoms with E-state index in [0.29, 0.717) is 40.9 Å². The summed E-state index contributed by atoms with van der Waals surface area (Å²) in [5, 5.41) is 9.32. The standard InChI is InChI=1S/C25H26FN5O2/c1-15-14-31(22-12-23(32)29(3)20-10-9-19(13-27)28-24(20)22)16(2)11-21(15)30(4)25(33)17-5-7-18(26)8-6-17/h5-10,12,15-16,21H,11,14H2,1-4H3/t15?,16-,21-/m0/s1. The molecule has 8 heteroatoms. The van der Waals surface area contributed by atoms with Crippen molar-refractivity contribution in [2.45, 2.75) is 32.4 Å². The monoisotopic (exact) mass is 447 g/mol. The zero-order chi connectivity index (χ0) is 23.9. The molecule has 0 saturated carbocycles. The Morgan fingerprint density at radius 2 is 1.91 bits per heavy atom. The van der Waals surface area contributed by atoms with E-state index in [1.807, 2.05) is 0 Å². The first kappa shape index (κ1) is 22.5. The molecule has 1 aromatic carbocycles. The van der Waals surface area contributed by atoms with Crippen LogP contribution in [-0.4, -0.2) is 46.0 Å². The van der Waals surface area contributed by atoms with Gasteiger partial charge < -0.3 is 14.4 Å². The second-order valence-corrected chi connectivity index (χ2v) is 8.81. The molecule has 170 valence electrons. The smallest absolute Gasteiger partial charge is 0.253 e. The lowest BCUT2D eigenvalue weighted by atomic mass is 9.87. The molecule has 33 heavy (non-hydrogen) atoms. The van der Waals surface area contributed by atoms with Crippen molar-refractivity contribution in [3.05, 3.63) is 69.9 Å². The molecule has 1 fully saturated rings. The summed E-state index contributed by atoms with van der Waals surface area (Å²) >= 11 is 0. The number of nitriles is 1.